The maximum Gasteiger partial charge on any atom is 0.300 e. The number of carbonyl (C=O) groups is 1. The highest BCUT2D eigenvalue weighted by molar-refractivity contribution is 5.62. The van der Waals surface area contributed by atoms with Gasteiger partial charge in [0.1, 0.15) is 0 Å². The maximum absolute atomic E-state index is 9.00. The van der Waals surface area contributed by atoms with Crippen molar-refractivity contribution in [3.05, 3.63) is 24.8 Å². The number of aliphatic hydroxyl groups excluding tert-OH is 1. The van der Waals surface area contributed by atoms with Crippen LogP contribution < -0.4 is 0 Å². The van der Waals surface area contributed by atoms with E-state index in [9.17, 15) is 0 Å². The van der Waals surface area contributed by atoms with E-state index < -0.39 is 5.97 Å². The molecule has 19 heavy (non-hydrogen) atoms. The number of hydrogen-bond donors (Lipinski definition) is 2. The number of aliphatic carboxylic acids is 1. The predicted molar refractivity (Wildman–Crippen MR) is 81.1 cm³/mol. The highest BCUT2D eigenvalue weighted by atomic mass is 16.4. The summed E-state index contributed by atoms with van der Waals surface area (Å²) in [4.78, 5) is 9.00. The average Bonchev–Trinajstić information content (AvgIpc) is 2.28. The Kier molecular flexibility index (Phi) is 14.2. The molecule has 112 valence electrons. The lowest BCUT2D eigenvalue weighted by Crippen LogP contribution is -2.05. The van der Waals surface area contributed by atoms with Gasteiger partial charge in [-0.25, -0.2) is 0 Å². The highest BCUT2D eigenvalue weighted by Gasteiger charge is 2.10. The van der Waals surface area contributed by atoms with E-state index in [0.717, 1.165) is 19.8 Å². The van der Waals surface area contributed by atoms with Crippen LogP contribution in [0.4, 0.5) is 0 Å². The first-order valence-electron chi connectivity index (χ1n) is 6.91. The van der Waals surface area contributed by atoms with Crippen LogP contribution in [-0.2, 0) is 4.79 Å². The van der Waals surface area contributed by atoms with E-state index in [1.54, 1.807) is 0 Å². The van der Waals surface area contributed by atoms with Gasteiger partial charge in [-0.05, 0) is 44.4 Å². The van der Waals surface area contributed by atoms with Gasteiger partial charge in [0, 0.05) is 13.5 Å². The zero-order chi connectivity index (χ0) is 15.3. The topological polar surface area (TPSA) is 57.5 Å². The molecule has 0 radical (unpaired) electrons. The van der Waals surface area contributed by atoms with Gasteiger partial charge in [0.25, 0.3) is 5.97 Å². The zero-order valence-corrected chi connectivity index (χ0v) is 12.7. The Morgan fingerprint density at radius 3 is 2.11 bits per heavy atom. The number of rotatable bonds is 9. The summed E-state index contributed by atoms with van der Waals surface area (Å²) >= 11 is 0. The molecule has 0 saturated carbocycles. The number of carboxylic acids is 1. The SMILES string of the molecule is C=CCCC(CCC(C)CCO)C(=C)C.CC(=O)O. The Hall–Kier alpha value is -1.09. The fourth-order valence-electron chi connectivity index (χ4n) is 1.81. The van der Waals surface area contributed by atoms with Crippen LogP contribution >= 0.6 is 0 Å². The largest absolute Gasteiger partial charge is 0.481 e. The molecule has 0 bridgehead atoms. The van der Waals surface area contributed by atoms with Crippen molar-refractivity contribution in [3.63, 3.8) is 0 Å². The molecule has 0 aliphatic carbocycles. The first-order chi connectivity index (χ1) is 8.84. The third-order valence-electron chi connectivity index (χ3n) is 3.05. The van der Waals surface area contributed by atoms with Gasteiger partial charge in [-0.3, -0.25) is 4.79 Å². The van der Waals surface area contributed by atoms with Crippen molar-refractivity contribution in [1.29, 1.82) is 0 Å². The van der Waals surface area contributed by atoms with Crippen LogP contribution in [0.15, 0.2) is 24.8 Å². The van der Waals surface area contributed by atoms with Gasteiger partial charge in [-0.2, -0.15) is 0 Å². The van der Waals surface area contributed by atoms with Crippen LogP contribution in [0, 0.1) is 11.8 Å². The van der Waals surface area contributed by atoms with E-state index >= 15 is 0 Å². The maximum atomic E-state index is 9.00. The number of allylic oxidation sites excluding steroid dienone is 2. The molecular weight excluding hydrogens is 240 g/mol. The summed E-state index contributed by atoms with van der Waals surface area (Å²) in [6.45, 7) is 13.5. The van der Waals surface area contributed by atoms with E-state index in [-0.39, 0.29) is 0 Å². The van der Waals surface area contributed by atoms with Crippen molar-refractivity contribution in [3.8, 4) is 0 Å². The molecular formula is C16H30O3. The fraction of sp³-hybridized carbons (Fsp3) is 0.688. The lowest BCUT2D eigenvalue weighted by Gasteiger charge is -2.18. The van der Waals surface area contributed by atoms with Crippen LogP contribution in [0.3, 0.4) is 0 Å². The van der Waals surface area contributed by atoms with Gasteiger partial charge in [0.05, 0.1) is 0 Å². The summed E-state index contributed by atoms with van der Waals surface area (Å²) in [5.74, 6) is 0.421. The molecule has 0 aromatic rings. The van der Waals surface area contributed by atoms with Crippen molar-refractivity contribution in [2.24, 2.45) is 11.8 Å². The van der Waals surface area contributed by atoms with Gasteiger partial charge in [-0.15, -0.1) is 6.58 Å². The molecule has 0 aliphatic rings. The molecule has 0 spiro atoms. The van der Waals surface area contributed by atoms with Crippen LogP contribution in [0.1, 0.15) is 52.9 Å². The monoisotopic (exact) mass is 270 g/mol. The summed E-state index contributed by atoms with van der Waals surface area (Å²) in [7, 11) is 0. The molecule has 0 amide bonds. The lowest BCUT2D eigenvalue weighted by molar-refractivity contribution is -0.134. The first kappa shape index (κ1) is 20.2. The molecule has 0 aromatic heterocycles. The number of aliphatic hydroxyl groups is 1. The van der Waals surface area contributed by atoms with E-state index in [0.29, 0.717) is 18.4 Å². The summed E-state index contributed by atoms with van der Waals surface area (Å²) in [6, 6.07) is 0. The minimum atomic E-state index is -0.833. The Balaban J connectivity index is 0. The second-order valence-corrected chi connectivity index (χ2v) is 5.12. The van der Waals surface area contributed by atoms with Crippen LogP contribution in [-0.4, -0.2) is 22.8 Å². The van der Waals surface area contributed by atoms with E-state index in [1.807, 2.05) is 6.08 Å². The van der Waals surface area contributed by atoms with E-state index in [2.05, 4.69) is 27.0 Å². The molecule has 0 aromatic carbocycles. The molecule has 3 nitrogen and oxygen atoms in total. The number of carboxylic acid groups (broad SMARTS) is 1. The van der Waals surface area contributed by atoms with Gasteiger partial charge in [0.2, 0.25) is 0 Å². The third kappa shape index (κ3) is 16.9. The molecule has 0 aliphatic heterocycles. The van der Waals surface area contributed by atoms with Gasteiger partial charge >= 0.3 is 0 Å². The molecule has 0 saturated heterocycles. The Bertz CT molecular complexity index is 255. The quantitative estimate of drug-likeness (QED) is 0.622. The zero-order valence-electron chi connectivity index (χ0n) is 12.7. The highest BCUT2D eigenvalue weighted by Crippen LogP contribution is 2.24. The van der Waals surface area contributed by atoms with Gasteiger partial charge in [-0.1, -0.05) is 31.6 Å². The average molecular weight is 270 g/mol. The van der Waals surface area contributed by atoms with Crippen LogP contribution in [0.5, 0.6) is 0 Å². The first-order valence-corrected chi connectivity index (χ1v) is 6.91. The smallest absolute Gasteiger partial charge is 0.300 e. The number of hydrogen-bond acceptors (Lipinski definition) is 2. The molecule has 2 atom stereocenters. The minimum absolute atomic E-state index is 0.311. The second-order valence-electron chi connectivity index (χ2n) is 5.12. The molecule has 0 heterocycles. The van der Waals surface area contributed by atoms with Crippen molar-refractivity contribution in [1.82, 2.24) is 0 Å². The Morgan fingerprint density at radius 2 is 1.74 bits per heavy atom. The Labute approximate surface area is 118 Å². The molecule has 0 fully saturated rings. The van der Waals surface area contributed by atoms with Crippen LogP contribution in [0.25, 0.3) is 0 Å². The molecule has 3 heteroatoms. The lowest BCUT2D eigenvalue weighted by atomic mass is 9.88. The second kappa shape index (κ2) is 13.3. The molecule has 0 rings (SSSR count). The fourth-order valence-corrected chi connectivity index (χ4v) is 1.81. The van der Waals surface area contributed by atoms with Gasteiger partial charge in [0.15, 0.2) is 0 Å². The summed E-state index contributed by atoms with van der Waals surface area (Å²) in [5, 5.41) is 16.2. The van der Waals surface area contributed by atoms with Crippen molar-refractivity contribution >= 4 is 5.97 Å². The molecule has 2 N–H and O–H groups in total. The van der Waals surface area contributed by atoms with E-state index in [4.69, 9.17) is 15.0 Å². The molecule has 2 unspecified atom stereocenters. The standard InChI is InChI=1S/C14H26O.C2H4O2/c1-5-6-7-14(12(2)3)9-8-13(4)10-11-15;1-2(3)4/h5,13-15H,1-2,6-11H2,3-4H3;1H3,(H,3,4). The van der Waals surface area contributed by atoms with Crippen molar-refractivity contribution in [2.45, 2.75) is 52.9 Å². The van der Waals surface area contributed by atoms with Crippen LogP contribution in [0.2, 0.25) is 0 Å². The van der Waals surface area contributed by atoms with Crippen molar-refractivity contribution in [2.75, 3.05) is 6.61 Å². The minimum Gasteiger partial charge on any atom is -0.481 e. The predicted octanol–water partition coefficient (Wildman–Crippen LogP) is 4.03. The van der Waals surface area contributed by atoms with Gasteiger partial charge < -0.3 is 10.2 Å². The Morgan fingerprint density at radius 1 is 1.21 bits per heavy atom. The summed E-state index contributed by atoms with van der Waals surface area (Å²) in [6.07, 6.45) is 7.54. The summed E-state index contributed by atoms with van der Waals surface area (Å²) < 4.78 is 0. The van der Waals surface area contributed by atoms with Crippen molar-refractivity contribution < 1.29 is 15.0 Å². The third-order valence-corrected chi connectivity index (χ3v) is 3.05. The normalized spacial score (nSPS) is 12.8. The van der Waals surface area contributed by atoms with E-state index in [1.165, 1.54) is 24.8 Å². The summed E-state index contributed by atoms with van der Waals surface area (Å²) in [5.41, 5.74) is 1.29.